The maximum absolute atomic E-state index is 4.27. The number of allylic oxidation sites excluding steroid dienone is 3. The van der Waals surface area contributed by atoms with Crippen LogP contribution in [0.25, 0.3) is 0 Å². The minimum atomic E-state index is -1.39. The van der Waals surface area contributed by atoms with Gasteiger partial charge in [-0.1, -0.05) is 0 Å². The van der Waals surface area contributed by atoms with Gasteiger partial charge in [0.1, 0.15) is 0 Å². The van der Waals surface area contributed by atoms with E-state index in [4.69, 9.17) is 0 Å². The molecule has 0 N–H and O–H groups in total. The van der Waals surface area contributed by atoms with Crippen LogP contribution in [0, 0.1) is 0 Å². The second kappa shape index (κ2) is 5.71. The Hall–Kier alpha value is -0.880. The van der Waals surface area contributed by atoms with Gasteiger partial charge < -0.3 is 0 Å². The van der Waals surface area contributed by atoms with Gasteiger partial charge in [-0.2, -0.15) is 0 Å². The van der Waals surface area contributed by atoms with Gasteiger partial charge in [-0.15, -0.1) is 0 Å². The monoisotopic (exact) mass is 198 g/mol. The molecule has 0 spiro atoms. The second-order valence-electron chi connectivity index (χ2n) is 3.58. The molecular weight excluding hydrogens is 179 g/mol. The van der Waals surface area contributed by atoms with Crippen molar-refractivity contribution in [3.05, 3.63) is 37.6 Å². The topological polar surface area (TPSA) is 15.6 Å². The molecule has 0 aromatic heterocycles. The molecule has 13 heavy (non-hydrogen) atoms. The van der Waals surface area contributed by atoms with Crippen LogP contribution in [0.1, 0.15) is 0 Å². The van der Waals surface area contributed by atoms with Crippen LogP contribution < -0.4 is 0 Å². The van der Waals surface area contributed by atoms with Gasteiger partial charge in [0.05, 0.1) is 0 Å². The Balaban J connectivity index is 4.29. The van der Waals surface area contributed by atoms with Crippen molar-refractivity contribution in [1.82, 2.24) is 4.78 Å². The average Bonchev–Trinajstić information content (AvgIpc) is 2.02. The summed E-state index contributed by atoms with van der Waals surface area (Å²) in [6.07, 6.45) is 8.93. The van der Waals surface area contributed by atoms with Crippen LogP contribution >= 0.6 is 7.41 Å². The molecule has 74 valence electrons. The van der Waals surface area contributed by atoms with Crippen molar-refractivity contribution in [2.24, 2.45) is 5.10 Å². The first-order valence-electron chi connectivity index (χ1n) is 4.26. The number of rotatable bonds is 5. The molecule has 0 heterocycles. The fourth-order valence-electron chi connectivity index (χ4n) is 0.733. The van der Waals surface area contributed by atoms with Gasteiger partial charge in [0.25, 0.3) is 0 Å². The average molecular weight is 198 g/mol. The van der Waals surface area contributed by atoms with Crippen LogP contribution in [0.5, 0.6) is 0 Å². The van der Waals surface area contributed by atoms with E-state index in [0.29, 0.717) is 0 Å². The molecule has 3 heteroatoms. The molecule has 2 nitrogen and oxygen atoms in total. The summed E-state index contributed by atoms with van der Waals surface area (Å²) in [5.74, 6) is 0. The van der Waals surface area contributed by atoms with E-state index in [9.17, 15) is 0 Å². The molecule has 0 rings (SSSR count). The summed E-state index contributed by atoms with van der Waals surface area (Å²) >= 11 is 0. The van der Waals surface area contributed by atoms with E-state index in [1.807, 2.05) is 16.9 Å². The Morgan fingerprint density at radius 2 is 1.77 bits per heavy atom. The first kappa shape index (κ1) is 12.1. The van der Waals surface area contributed by atoms with E-state index in [-0.39, 0.29) is 0 Å². The predicted molar refractivity (Wildman–Crippen MR) is 66.0 cm³/mol. The van der Waals surface area contributed by atoms with Crippen molar-refractivity contribution in [2.75, 3.05) is 20.0 Å². The van der Waals surface area contributed by atoms with Crippen molar-refractivity contribution in [1.29, 1.82) is 0 Å². The summed E-state index contributed by atoms with van der Waals surface area (Å²) in [4.78, 5) is 0. The zero-order valence-corrected chi connectivity index (χ0v) is 9.70. The number of hydrazone groups is 1. The summed E-state index contributed by atoms with van der Waals surface area (Å²) in [5.41, 5.74) is 0. The van der Waals surface area contributed by atoms with Gasteiger partial charge in [0, 0.05) is 0 Å². The standard InChI is InChI=1S/C10H19N2P/c1-6-8-9-10-11-12(7-2)13(3,4)5/h6-10,13H,1-2H2,3-5H3/b9-8-,11-10-. The normalized spacial score (nSPS) is 13.5. The molecule has 0 saturated heterocycles. The summed E-state index contributed by atoms with van der Waals surface area (Å²) in [5, 5.41) is 4.27. The van der Waals surface area contributed by atoms with Crippen molar-refractivity contribution < 1.29 is 0 Å². The van der Waals surface area contributed by atoms with Crippen LogP contribution in [-0.4, -0.2) is 31.0 Å². The molecule has 0 fully saturated rings. The molecule has 0 unspecified atom stereocenters. The van der Waals surface area contributed by atoms with Crippen LogP contribution in [-0.2, 0) is 0 Å². The van der Waals surface area contributed by atoms with Crippen LogP contribution in [0.3, 0.4) is 0 Å². The minimum absolute atomic E-state index is 1.39. The van der Waals surface area contributed by atoms with Gasteiger partial charge in [-0.25, -0.2) is 0 Å². The fraction of sp³-hybridized carbons (Fsp3) is 0.300. The van der Waals surface area contributed by atoms with Crippen LogP contribution in [0.2, 0.25) is 0 Å². The van der Waals surface area contributed by atoms with E-state index in [0.717, 1.165) is 0 Å². The molecule has 0 aliphatic heterocycles. The quantitative estimate of drug-likeness (QED) is 0.287. The van der Waals surface area contributed by atoms with E-state index in [2.05, 4.69) is 38.3 Å². The molecule has 0 amide bonds. The van der Waals surface area contributed by atoms with Crippen LogP contribution in [0.15, 0.2) is 42.7 Å². The number of hydrogen-bond donors (Lipinski definition) is 0. The summed E-state index contributed by atoms with van der Waals surface area (Å²) in [6.45, 7) is 13.9. The molecule has 0 atom stereocenters. The van der Waals surface area contributed by atoms with E-state index in [1.165, 1.54) is 0 Å². The third kappa shape index (κ3) is 5.37. The zero-order chi connectivity index (χ0) is 10.3. The van der Waals surface area contributed by atoms with Gasteiger partial charge in [0.2, 0.25) is 0 Å². The van der Waals surface area contributed by atoms with Crippen molar-refractivity contribution in [2.45, 2.75) is 0 Å². The molecule has 0 saturated carbocycles. The molecular formula is C10H19N2P. The first-order valence-corrected chi connectivity index (χ1v) is 7.70. The van der Waals surface area contributed by atoms with E-state index < -0.39 is 7.41 Å². The Kier molecular flexibility index (Phi) is 5.33. The number of nitrogens with zero attached hydrogens (tertiary/aromatic N) is 2. The predicted octanol–water partition coefficient (Wildman–Crippen LogP) is 2.71. The molecule has 0 aromatic rings. The van der Waals surface area contributed by atoms with Crippen molar-refractivity contribution >= 4 is 13.6 Å². The third-order valence-electron chi connectivity index (χ3n) is 1.38. The molecule has 0 aliphatic rings. The Morgan fingerprint density at radius 1 is 1.15 bits per heavy atom. The van der Waals surface area contributed by atoms with Gasteiger partial charge >= 0.3 is 81.1 Å². The van der Waals surface area contributed by atoms with E-state index in [1.54, 1.807) is 18.5 Å². The molecule has 0 aliphatic carbocycles. The number of hydrogen-bond acceptors (Lipinski definition) is 2. The molecule has 0 aromatic carbocycles. The SMILES string of the molecule is C=C/C=C\C=N/N(C=C)[PH](C)(C)C. The summed E-state index contributed by atoms with van der Waals surface area (Å²) in [6, 6.07) is 0. The zero-order valence-electron chi connectivity index (χ0n) is 8.70. The maximum atomic E-state index is 4.27. The summed E-state index contributed by atoms with van der Waals surface area (Å²) < 4.78 is 1.94. The molecule has 0 bridgehead atoms. The Bertz CT molecular complexity index is 224. The van der Waals surface area contributed by atoms with Crippen molar-refractivity contribution in [3.63, 3.8) is 0 Å². The summed E-state index contributed by atoms with van der Waals surface area (Å²) in [7, 11) is -1.39. The Morgan fingerprint density at radius 3 is 2.15 bits per heavy atom. The van der Waals surface area contributed by atoms with E-state index >= 15 is 0 Å². The fourth-order valence-corrected chi connectivity index (χ4v) is 1.69. The first-order chi connectivity index (χ1) is 6.02. The van der Waals surface area contributed by atoms with Gasteiger partial charge in [-0.3, -0.25) is 0 Å². The van der Waals surface area contributed by atoms with Crippen LogP contribution in [0.4, 0.5) is 0 Å². The third-order valence-corrected chi connectivity index (χ3v) is 3.06. The van der Waals surface area contributed by atoms with Gasteiger partial charge in [-0.05, 0) is 0 Å². The second-order valence-corrected chi connectivity index (χ2v) is 8.38. The Labute approximate surface area is 81.7 Å². The molecule has 0 radical (unpaired) electrons. The van der Waals surface area contributed by atoms with Gasteiger partial charge in [0.15, 0.2) is 0 Å². The van der Waals surface area contributed by atoms with Crippen molar-refractivity contribution in [3.8, 4) is 0 Å².